The molecule has 2 aromatic rings. The molecule has 0 bridgehead atoms. The lowest BCUT2D eigenvalue weighted by molar-refractivity contribution is -0.137. The molecule has 0 aliphatic carbocycles. The normalized spacial score (nSPS) is 17.9. The molecule has 4 heteroatoms. The largest absolute Gasteiger partial charge is 0.494 e. The molecule has 0 N–H and O–H groups in total. The quantitative estimate of drug-likeness (QED) is 0.680. The Labute approximate surface area is 166 Å². The third-order valence-electron chi connectivity index (χ3n) is 4.68. The number of hydrogen-bond acceptors (Lipinski definition) is 4. The van der Waals surface area contributed by atoms with Crippen LogP contribution < -0.4 is 0 Å². The van der Waals surface area contributed by atoms with E-state index in [-0.39, 0.29) is 0 Å². The number of rotatable bonds is 6. The van der Waals surface area contributed by atoms with E-state index >= 15 is 0 Å². The van der Waals surface area contributed by atoms with Crippen LogP contribution in [0.4, 0.5) is 0 Å². The van der Waals surface area contributed by atoms with Gasteiger partial charge in [0.05, 0.1) is 13.7 Å². The monoisotopic (exact) mass is 378 g/mol. The Hall–Kier alpha value is -2.85. The summed E-state index contributed by atoms with van der Waals surface area (Å²) in [6.45, 7) is 6.14. The molecule has 2 aromatic carbocycles. The third kappa shape index (κ3) is 4.02. The van der Waals surface area contributed by atoms with Crippen molar-refractivity contribution in [3.8, 4) is 0 Å². The van der Waals surface area contributed by atoms with Gasteiger partial charge in [0.2, 0.25) is 0 Å². The second-order valence-electron chi connectivity index (χ2n) is 7.03. The van der Waals surface area contributed by atoms with Crippen LogP contribution >= 0.6 is 0 Å². The zero-order valence-electron chi connectivity index (χ0n) is 16.8. The van der Waals surface area contributed by atoms with Gasteiger partial charge in [0.15, 0.2) is 0 Å². The Bertz CT molecular complexity index is 838. The van der Waals surface area contributed by atoms with Gasteiger partial charge in [-0.15, -0.1) is 0 Å². The van der Waals surface area contributed by atoms with Crippen molar-refractivity contribution in [1.29, 1.82) is 0 Å². The lowest BCUT2D eigenvalue weighted by Crippen LogP contribution is -2.25. The number of carbonyl (C=O) groups excluding carboxylic acids is 1. The summed E-state index contributed by atoms with van der Waals surface area (Å²) in [6, 6.07) is 20.1. The summed E-state index contributed by atoms with van der Waals surface area (Å²) >= 11 is 0. The van der Waals surface area contributed by atoms with Gasteiger partial charge in [0.25, 0.3) is 0 Å². The molecule has 0 unspecified atom stereocenters. The van der Waals surface area contributed by atoms with Gasteiger partial charge in [-0.2, -0.15) is 0 Å². The molecule has 1 atom stereocenters. The van der Waals surface area contributed by atoms with E-state index in [0.29, 0.717) is 17.9 Å². The average molecular weight is 378 g/mol. The van der Waals surface area contributed by atoms with E-state index in [0.717, 1.165) is 16.7 Å². The fourth-order valence-electron chi connectivity index (χ4n) is 3.46. The molecule has 28 heavy (non-hydrogen) atoms. The summed E-state index contributed by atoms with van der Waals surface area (Å²) in [4.78, 5) is 12.6. The lowest BCUT2D eigenvalue weighted by atomic mass is 9.94. The Morgan fingerprint density at radius 1 is 1.04 bits per heavy atom. The highest BCUT2D eigenvalue weighted by atomic mass is 16.6. The minimum Gasteiger partial charge on any atom is -0.494 e. The first-order chi connectivity index (χ1) is 13.5. The van der Waals surface area contributed by atoms with Gasteiger partial charge < -0.3 is 14.2 Å². The second-order valence-corrected chi connectivity index (χ2v) is 7.03. The maximum absolute atomic E-state index is 12.6. The van der Waals surface area contributed by atoms with Crippen LogP contribution in [0, 0.1) is 0 Å². The number of carbonyl (C=O) groups is 1. The predicted octanol–water partition coefficient (Wildman–Crippen LogP) is 4.76. The first-order valence-corrected chi connectivity index (χ1v) is 9.44. The minimum absolute atomic E-state index is 0.415. The Balaban J connectivity index is 2.15. The molecule has 146 valence electrons. The van der Waals surface area contributed by atoms with Gasteiger partial charge in [-0.1, -0.05) is 60.7 Å². The highest BCUT2D eigenvalue weighted by Gasteiger charge is 2.44. The highest BCUT2D eigenvalue weighted by molar-refractivity contribution is 5.93. The van der Waals surface area contributed by atoms with Gasteiger partial charge in [-0.3, -0.25) is 0 Å². The smallest absolute Gasteiger partial charge is 0.340 e. The van der Waals surface area contributed by atoms with Crippen molar-refractivity contribution in [1.82, 2.24) is 0 Å². The maximum atomic E-state index is 12.6. The van der Waals surface area contributed by atoms with Crippen LogP contribution in [0.15, 0.2) is 78.1 Å². The summed E-state index contributed by atoms with van der Waals surface area (Å²) in [5.41, 5.74) is 2.77. The van der Waals surface area contributed by atoms with E-state index in [2.05, 4.69) is 0 Å². The molecule has 0 aromatic heterocycles. The fourth-order valence-corrected chi connectivity index (χ4v) is 3.46. The van der Waals surface area contributed by atoms with Gasteiger partial charge in [-0.25, -0.2) is 4.79 Å². The molecule has 0 amide bonds. The minimum atomic E-state index is -0.723. The SMILES string of the molecule is CCOC1=C(C(=O)OC)[C@H](C=C(c2ccccc2)c2ccccc2)OC1(C)C. The molecule has 0 spiro atoms. The molecule has 1 aliphatic rings. The fraction of sp³-hybridized carbons (Fsp3) is 0.292. The Morgan fingerprint density at radius 2 is 1.57 bits per heavy atom. The predicted molar refractivity (Wildman–Crippen MR) is 110 cm³/mol. The molecule has 0 saturated carbocycles. The van der Waals surface area contributed by atoms with Crippen molar-refractivity contribution in [2.75, 3.05) is 13.7 Å². The van der Waals surface area contributed by atoms with E-state index in [1.54, 1.807) is 0 Å². The molecule has 3 rings (SSSR count). The van der Waals surface area contributed by atoms with E-state index < -0.39 is 17.7 Å². The van der Waals surface area contributed by atoms with Crippen molar-refractivity contribution in [3.63, 3.8) is 0 Å². The van der Waals surface area contributed by atoms with Gasteiger partial charge >= 0.3 is 5.97 Å². The van der Waals surface area contributed by atoms with Crippen molar-refractivity contribution >= 4 is 11.5 Å². The molecule has 0 radical (unpaired) electrons. The standard InChI is InChI=1S/C24H26O4/c1-5-27-22-21(23(25)26-4)20(28-24(22,2)3)16-19(17-12-8-6-9-13-17)18-14-10-7-11-15-18/h6-16,20H,5H2,1-4H3/t20-/m0/s1. The number of esters is 1. The van der Waals surface area contributed by atoms with Crippen LogP contribution in [-0.4, -0.2) is 31.4 Å². The number of methoxy groups -OCH3 is 1. The topological polar surface area (TPSA) is 44.8 Å². The zero-order valence-corrected chi connectivity index (χ0v) is 16.8. The van der Waals surface area contributed by atoms with E-state index in [1.165, 1.54) is 7.11 Å². The number of ether oxygens (including phenoxy) is 3. The first-order valence-electron chi connectivity index (χ1n) is 9.44. The molecule has 0 fully saturated rings. The lowest BCUT2D eigenvalue weighted by Gasteiger charge is -2.22. The van der Waals surface area contributed by atoms with Gasteiger partial charge in [0, 0.05) is 0 Å². The van der Waals surface area contributed by atoms with E-state index in [9.17, 15) is 4.79 Å². The average Bonchev–Trinajstić information content (AvgIpc) is 2.97. The van der Waals surface area contributed by atoms with Crippen LogP contribution in [-0.2, 0) is 19.0 Å². The van der Waals surface area contributed by atoms with E-state index in [4.69, 9.17) is 14.2 Å². The van der Waals surface area contributed by atoms with Crippen molar-refractivity contribution in [2.45, 2.75) is 32.5 Å². The van der Waals surface area contributed by atoms with Crippen LogP contribution in [0.3, 0.4) is 0 Å². The molecule has 1 aliphatic heterocycles. The zero-order chi connectivity index (χ0) is 20.1. The molecular formula is C24H26O4. The summed E-state index contributed by atoms with van der Waals surface area (Å²) in [7, 11) is 1.38. The van der Waals surface area contributed by atoms with Crippen LogP contribution in [0.5, 0.6) is 0 Å². The summed E-state index contributed by atoms with van der Waals surface area (Å²) < 4.78 is 17.1. The Kier molecular flexibility index (Phi) is 6.00. The van der Waals surface area contributed by atoms with Crippen LogP contribution in [0.25, 0.3) is 5.57 Å². The van der Waals surface area contributed by atoms with E-state index in [1.807, 2.05) is 87.5 Å². The van der Waals surface area contributed by atoms with Crippen molar-refractivity contribution in [3.05, 3.63) is 89.2 Å². The van der Waals surface area contributed by atoms with Gasteiger partial charge in [0.1, 0.15) is 23.0 Å². The number of benzene rings is 2. The summed E-state index contributed by atoms with van der Waals surface area (Å²) in [5.74, 6) is 0.0966. The van der Waals surface area contributed by atoms with Crippen molar-refractivity contribution < 1.29 is 19.0 Å². The first kappa shape index (κ1) is 19.9. The Morgan fingerprint density at radius 3 is 2.04 bits per heavy atom. The molecule has 0 saturated heterocycles. The highest BCUT2D eigenvalue weighted by Crippen LogP contribution is 2.39. The third-order valence-corrected chi connectivity index (χ3v) is 4.68. The van der Waals surface area contributed by atoms with Crippen molar-refractivity contribution in [2.24, 2.45) is 0 Å². The maximum Gasteiger partial charge on any atom is 0.340 e. The number of hydrogen-bond donors (Lipinski definition) is 0. The molecule has 1 heterocycles. The van der Waals surface area contributed by atoms with Crippen LogP contribution in [0.1, 0.15) is 31.9 Å². The molecule has 4 nitrogen and oxygen atoms in total. The second kappa shape index (κ2) is 8.44. The van der Waals surface area contributed by atoms with Gasteiger partial charge in [-0.05, 0) is 43.5 Å². The van der Waals surface area contributed by atoms with Crippen LogP contribution in [0.2, 0.25) is 0 Å². The summed E-state index contributed by atoms with van der Waals surface area (Å²) in [5, 5.41) is 0. The molecular weight excluding hydrogens is 352 g/mol. The summed E-state index contributed by atoms with van der Waals surface area (Å²) in [6.07, 6.45) is 1.41.